The zero-order valence-corrected chi connectivity index (χ0v) is 18.3. The van der Waals surface area contributed by atoms with Gasteiger partial charge < -0.3 is 4.57 Å². The van der Waals surface area contributed by atoms with E-state index in [0.717, 1.165) is 47.0 Å². The Bertz CT molecular complexity index is 1120. The highest BCUT2D eigenvalue weighted by atomic mass is 32.2. The predicted molar refractivity (Wildman–Crippen MR) is 118 cm³/mol. The molecule has 1 saturated carbocycles. The van der Waals surface area contributed by atoms with Gasteiger partial charge in [-0.1, -0.05) is 39.0 Å². The minimum absolute atomic E-state index is 0.101. The summed E-state index contributed by atoms with van der Waals surface area (Å²) < 4.78 is 30.1. The summed E-state index contributed by atoms with van der Waals surface area (Å²) in [7, 11) is -3.25. The Morgan fingerprint density at radius 1 is 1.21 bits per heavy atom. The van der Waals surface area contributed by atoms with Gasteiger partial charge in [0.2, 0.25) is 10.0 Å². The fraction of sp³-hybridized carbons (Fsp3) is 0.435. The number of hydrogen-bond donors (Lipinski definition) is 1. The number of nitrogens with zero attached hydrogens (tertiary/aromatic N) is 2. The van der Waals surface area contributed by atoms with Crippen LogP contribution >= 0.6 is 0 Å². The zero-order chi connectivity index (χ0) is 20.8. The van der Waals surface area contributed by atoms with Crippen LogP contribution < -0.4 is 4.72 Å². The Kier molecular flexibility index (Phi) is 5.03. The van der Waals surface area contributed by atoms with Crippen LogP contribution in [0.4, 0.5) is 0 Å². The molecule has 0 unspecified atom stereocenters. The minimum atomic E-state index is -3.25. The molecule has 0 radical (unpaired) electrons. The molecule has 2 aromatic heterocycles. The summed E-state index contributed by atoms with van der Waals surface area (Å²) in [5.74, 6) is 0. The molecule has 1 aliphatic carbocycles. The van der Waals surface area contributed by atoms with Gasteiger partial charge in [-0.2, -0.15) is 0 Å². The first-order valence-electron chi connectivity index (χ1n) is 10.2. The molecule has 154 valence electrons. The molecule has 1 aliphatic rings. The maximum absolute atomic E-state index is 12.5. The number of fused-ring (bicyclic) bond motifs is 1. The largest absolute Gasteiger partial charge is 0.347 e. The molecular formula is C23H29N3O2S. The first-order chi connectivity index (χ1) is 13.6. The van der Waals surface area contributed by atoms with Crippen molar-refractivity contribution in [2.45, 2.75) is 58.4 Å². The number of hydrogen-bond acceptors (Lipinski definition) is 3. The van der Waals surface area contributed by atoms with Crippen LogP contribution in [-0.4, -0.2) is 23.2 Å². The van der Waals surface area contributed by atoms with E-state index in [-0.39, 0.29) is 16.7 Å². The van der Waals surface area contributed by atoms with Gasteiger partial charge in [-0.3, -0.25) is 4.98 Å². The summed E-state index contributed by atoms with van der Waals surface area (Å²) in [6.07, 6.45) is 7.29. The number of sulfonamides is 1. The molecule has 3 aromatic rings. The minimum Gasteiger partial charge on any atom is -0.347 e. The van der Waals surface area contributed by atoms with Crippen molar-refractivity contribution in [2.75, 3.05) is 0 Å². The predicted octanol–water partition coefficient (Wildman–Crippen LogP) is 4.89. The van der Waals surface area contributed by atoms with E-state index in [2.05, 4.69) is 65.5 Å². The van der Waals surface area contributed by atoms with Gasteiger partial charge in [-0.25, -0.2) is 13.1 Å². The van der Waals surface area contributed by atoms with Crippen LogP contribution in [0.3, 0.4) is 0 Å². The smallest absolute Gasteiger partial charge is 0.215 e. The normalized spacial score (nSPS) is 16.3. The lowest BCUT2D eigenvalue weighted by atomic mass is 9.97. The van der Waals surface area contributed by atoms with Crippen molar-refractivity contribution >= 4 is 20.9 Å². The first kappa shape index (κ1) is 20.1. The van der Waals surface area contributed by atoms with Gasteiger partial charge in [0.25, 0.3) is 0 Å². The number of aromatic nitrogens is 2. The van der Waals surface area contributed by atoms with Crippen LogP contribution in [0.15, 0.2) is 48.9 Å². The Hall–Kier alpha value is -2.18. The fourth-order valence-corrected chi connectivity index (χ4v) is 5.37. The van der Waals surface area contributed by atoms with Gasteiger partial charge in [0.15, 0.2) is 0 Å². The molecule has 4 rings (SSSR count). The third-order valence-corrected chi connectivity index (χ3v) is 7.35. The quantitative estimate of drug-likeness (QED) is 0.628. The molecule has 5 nitrogen and oxygen atoms in total. The monoisotopic (exact) mass is 411 g/mol. The second-order valence-electron chi connectivity index (χ2n) is 9.33. The van der Waals surface area contributed by atoms with E-state index in [9.17, 15) is 8.42 Å². The van der Waals surface area contributed by atoms with Crippen LogP contribution in [0, 0.1) is 5.41 Å². The van der Waals surface area contributed by atoms with E-state index in [0.29, 0.717) is 0 Å². The summed E-state index contributed by atoms with van der Waals surface area (Å²) >= 11 is 0. The molecule has 0 spiro atoms. The van der Waals surface area contributed by atoms with Crippen LogP contribution in [0.2, 0.25) is 0 Å². The lowest BCUT2D eigenvalue weighted by Crippen LogP contribution is -2.29. The molecule has 0 bridgehead atoms. The second-order valence-corrected chi connectivity index (χ2v) is 11.3. The van der Waals surface area contributed by atoms with E-state index in [1.807, 2.05) is 19.2 Å². The van der Waals surface area contributed by atoms with Crippen molar-refractivity contribution in [1.82, 2.24) is 14.3 Å². The summed E-state index contributed by atoms with van der Waals surface area (Å²) in [4.78, 5) is 4.24. The van der Waals surface area contributed by atoms with Crippen molar-refractivity contribution in [3.63, 3.8) is 0 Å². The number of nitrogens with one attached hydrogen (secondary N) is 1. The third-order valence-electron chi connectivity index (χ3n) is 5.32. The zero-order valence-electron chi connectivity index (χ0n) is 17.5. The standard InChI is InChI=1S/C23H29N3O2S/c1-16(25-29(27,28)19-8-9-19)21-14-26(15-23(2,3)4)22-12-17(7-10-20(21)22)18-6-5-11-24-13-18/h5-7,10-14,16,19,25H,8-9,15H2,1-4H3/t16-/m1/s1. The first-order valence-corrected chi connectivity index (χ1v) is 11.7. The highest BCUT2D eigenvalue weighted by molar-refractivity contribution is 7.90. The Labute approximate surface area is 173 Å². The summed E-state index contributed by atoms with van der Waals surface area (Å²) in [6, 6.07) is 10.1. The molecule has 0 aliphatic heterocycles. The molecule has 1 N–H and O–H groups in total. The maximum Gasteiger partial charge on any atom is 0.215 e. The Morgan fingerprint density at radius 3 is 2.59 bits per heavy atom. The summed E-state index contributed by atoms with van der Waals surface area (Å²) in [5.41, 5.74) is 4.42. The summed E-state index contributed by atoms with van der Waals surface area (Å²) in [6.45, 7) is 9.42. The molecular weight excluding hydrogens is 382 g/mol. The van der Waals surface area contributed by atoms with E-state index in [1.54, 1.807) is 6.20 Å². The van der Waals surface area contributed by atoms with Gasteiger partial charge in [-0.05, 0) is 48.4 Å². The van der Waals surface area contributed by atoms with Crippen molar-refractivity contribution in [3.8, 4) is 11.1 Å². The van der Waals surface area contributed by atoms with Crippen molar-refractivity contribution in [1.29, 1.82) is 0 Å². The fourth-order valence-electron chi connectivity index (χ4n) is 3.80. The average molecular weight is 412 g/mol. The van der Waals surface area contributed by atoms with Crippen LogP contribution in [0.5, 0.6) is 0 Å². The second kappa shape index (κ2) is 7.26. The molecule has 1 fully saturated rings. The number of benzene rings is 1. The van der Waals surface area contributed by atoms with Crippen LogP contribution in [-0.2, 0) is 16.6 Å². The maximum atomic E-state index is 12.5. The van der Waals surface area contributed by atoms with E-state index in [1.165, 1.54) is 0 Å². The molecule has 6 heteroatoms. The highest BCUT2D eigenvalue weighted by Gasteiger charge is 2.36. The molecule has 2 heterocycles. The molecule has 0 amide bonds. The van der Waals surface area contributed by atoms with Gasteiger partial charge in [0, 0.05) is 47.6 Å². The van der Waals surface area contributed by atoms with Crippen molar-refractivity contribution in [3.05, 3.63) is 54.5 Å². The molecule has 1 aromatic carbocycles. The Balaban J connectivity index is 1.78. The molecule has 1 atom stereocenters. The Morgan fingerprint density at radius 2 is 1.97 bits per heavy atom. The SMILES string of the molecule is C[C@@H](NS(=O)(=O)C1CC1)c1cn(CC(C)(C)C)c2cc(-c3cccnc3)ccc12. The topological polar surface area (TPSA) is 64.0 Å². The molecule has 29 heavy (non-hydrogen) atoms. The number of rotatable bonds is 6. The third kappa shape index (κ3) is 4.38. The lowest BCUT2D eigenvalue weighted by molar-refractivity contribution is 0.349. The summed E-state index contributed by atoms with van der Waals surface area (Å²) in [5, 5.41) is 0.873. The lowest BCUT2D eigenvalue weighted by Gasteiger charge is -2.20. The van der Waals surface area contributed by atoms with E-state index >= 15 is 0 Å². The molecule has 0 saturated heterocycles. The van der Waals surface area contributed by atoms with Crippen LogP contribution in [0.25, 0.3) is 22.0 Å². The average Bonchev–Trinajstić information content (AvgIpc) is 3.45. The highest BCUT2D eigenvalue weighted by Crippen LogP contribution is 2.34. The van der Waals surface area contributed by atoms with Gasteiger partial charge in [-0.15, -0.1) is 0 Å². The van der Waals surface area contributed by atoms with Gasteiger partial charge >= 0.3 is 0 Å². The van der Waals surface area contributed by atoms with E-state index < -0.39 is 10.0 Å². The van der Waals surface area contributed by atoms with Crippen LogP contribution in [0.1, 0.15) is 52.1 Å². The van der Waals surface area contributed by atoms with Crippen molar-refractivity contribution < 1.29 is 8.42 Å². The van der Waals surface area contributed by atoms with Crippen molar-refractivity contribution in [2.24, 2.45) is 5.41 Å². The number of pyridine rings is 1. The van der Waals surface area contributed by atoms with Gasteiger partial charge in [0.1, 0.15) is 0 Å². The van der Waals surface area contributed by atoms with Gasteiger partial charge in [0.05, 0.1) is 5.25 Å². The van der Waals surface area contributed by atoms with E-state index in [4.69, 9.17) is 0 Å².